The molecule has 10 heteroatoms. The van der Waals surface area contributed by atoms with Crippen molar-refractivity contribution in [3.8, 4) is 0 Å². The molecule has 4 rings (SSSR count). The lowest BCUT2D eigenvalue weighted by Gasteiger charge is -2.31. The van der Waals surface area contributed by atoms with E-state index in [2.05, 4.69) is 10.6 Å². The zero-order valence-corrected chi connectivity index (χ0v) is 21.8. The van der Waals surface area contributed by atoms with Gasteiger partial charge in [0.1, 0.15) is 6.04 Å². The average Bonchev–Trinajstić information content (AvgIpc) is 3.03. The highest BCUT2D eigenvalue weighted by Crippen LogP contribution is 2.32. The Bertz CT molecular complexity index is 1210. The molecule has 208 valence electrons. The van der Waals surface area contributed by atoms with Crippen LogP contribution < -0.4 is 15.5 Å². The van der Waals surface area contributed by atoms with Crippen molar-refractivity contribution in [2.45, 2.75) is 70.3 Å². The Morgan fingerprint density at radius 3 is 2.38 bits per heavy atom. The SMILES string of the molecule is C[C@H](NC(=O)CCC(F)(F)F)C(=O)NC1N=C(c2ccccc2)c2ccccc2N(CC2CCCCC2)C1=O. The van der Waals surface area contributed by atoms with Gasteiger partial charge in [0, 0.05) is 24.1 Å². The number of hydrogen-bond acceptors (Lipinski definition) is 4. The molecule has 1 aliphatic carbocycles. The summed E-state index contributed by atoms with van der Waals surface area (Å²) in [4.78, 5) is 45.4. The third-order valence-electron chi connectivity index (χ3n) is 7.11. The molecule has 1 fully saturated rings. The van der Waals surface area contributed by atoms with E-state index < -0.39 is 48.9 Å². The van der Waals surface area contributed by atoms with E-state index in [1.54, 1.807) is 4.90 Å². The summed E-state index contributed by atoms with van der Waals surface area (Å²) in [6.07, 6.45) is -2.43. The number of amides is 3. The van der Waals surface area contributed by atoms with Gasteiger partial charge >= 0.3 is 6.18 Å². The number of benzene rings is 2. The van der Waals surface area contributed by atoms with E-state index in [-0.39, 0.29) is 0 Å². The van der Waals surface area contributed by atoms with Gasteiger partial charge in [-0.1, -0.05) is 67.8 Å². The highest BCUT2D eigenvalue weighted by Gasteiger charge is 2.35. The topological polar surface area (TPSA) is 90.9 Å². The number of hydrogen-bond donors (Lipinski definition) is 2. The summed E-state index contributed by atoms with van der Waals surface area (Å²) in [6.45, 7) is 1.85. The van der Waals surface area contributed by atoms with Gasteiger partial charge in [0.2, 0.25) is 18.0 Å². The van der Waals surface area contributed by atoms with Crippen molar-refractivity contribution in [1.29, 1.82) is 0 Å². The summed E-state index contributed by atoms with van der Waals surface area (Å²) in [6, 6.07) is 15.7. The lowest BCUT2D eigenvalue weighted by atomic mass is 9.88. The average molecular weight is 543 g/mol. The van der Waals surface area contributed by atoms with Crippen LogP contribution in [0.2, 0.25) is 0 Å². The van der Waals surface area contributed by atoms with Crippen molar-refractivity contribution in [2.24, 2.45) is 10.9 Å². The molecule has 2 aliphatic rings. The molecule has 2 aromatic rings. The number of alkyl halides is 3. The molecule has 3 amide bonds. The lowest BCUT2D eigenvalue weighted by molar-refractivity contribution is -0.144. The molecule has 1 heterocycles. The number of halogens is 3. The van der Waals surface area contributed by atoms with E-state index in [0.717, 1.165) is 36.8 Å². The lowest BCUT2D eigenvalue weighted by Crippen LogP contribution is -2.53. The Morgan fingerprint density at radius 1 is 1.03 bits per heavy atom. The fourth-order valence-corrected chi connectivity index (χ4v) is 5.06. The minimum Gasteiger partial charge on any atom is -0.345 e. The number of nitrogens with zero attached hydrogens (tertiary/aromatic N) is 2. The highest BCUT2D eigenvalue weighted by atomic mass is 19.4. The van der Waals surface area contributed by atoms with Gasteiger partial charge in [-0.25, -0.2) is 4.99 Å². The minimum atomic E-state index is -4.48. The Kier molecular flexibility index (Phi) is 9.04. The number of fused-ring (bicyclic) bond motifs is 1. The molecule has 2 aromatic carbocycles. The van der Waals surface area contributed by atoms with Gasteiger partial charge in [0.15, 0.2) is 0 Å². The van der Waals surface area contributed by atoms with Gasteiger partial charge in [-0.2, -0.15) is 13.2 Å². The molecule has 7 nitrogen and oxygen atoms in total. The number of benzodiazepines with no additional fused rings is 1. The molecule has 0 bridgehead atoms. The van der Waals surface area contributed by atoms with Gasteiger partial charge in [-0.15, -0.1) is 0 Å². The first-order valence-electron chi connectivity index (χ1n) is 13.3. The molecule has 39 heavy (non-hydrogen) atoms. The second-order valence-electron chi connectivity index (χ2n) is 10.1. The van der Waals surface area contributed by atoms with Gasteiger partial charge in [-0.05, 0) is 31.7 Å². The van der Waals surface area contributed by atoms with Crippen molar-refractivity contribution in [3.05, 3.63) is 65.7 Å². The van der Waals surface area contributed by atoms with Crippen LogP contribution in [-0.2, 0) is 14.4 Å². The molecule has 1 aliphatic heterocycles. The number of para-hydroxylation sites is 1. The molecule has 1 saturated carbocycles. The first-order valence-corrected chi connectivity index (χ1v) is 13.3. The third kappa shape index (κ3) is 7.46. The fraction of sp³-hybridized carbons (Fsp3) is 0.448. The minimum absolute atomic E-state index is 0.317. The van der Waals surface area contributed by atoms with Crippen LogP contribution in [0, 0.1) is 5.92 Å². The van der Waals surface area contributed by atoms with Crippen LogP contribution in [0.25, 0.3) is 0 Å². The predicted octanol–water partition coefficient (Wildman–Crippen LogP) is 4.74. The van der Waals surface area contributed by atoms with Gasteiger partial charge in [-0.3, -0.25) is 14.4 Å². The van der Waals surface area contributed by atoms with Gasteiger partial charge in [0.25, 0.3) is 5.91 Å². The van der Waals surface area contributed by atoms with Crippen molar-refractivity contribution in [1.82, 2.24) is 10.6 Å². The third-order valence-corrected chi connectivity index (χ3v) is 7.11. The molecule has 2 atom stereocenters. The largest absolute Gasteiger partial charge is 0.389 e. The molecule has 2 N–H and O–H groups in total. The summed E-state index contributed by atoms with van der Waals surface area (Å²) in [5.41, 5.74) is 2.78. The number of rotatable bonds is 8. The van der Waals surface area contributed by atoms with E-state index in [1.165, 1.54) is 13.3 Å². The van der Waals surface area contributed by atoms with Crippen LogP contribution in [0.3, 0.4) is 0 Å². The number of nitrogens with one attached hydrogen (secondary N) is 2. The maximum Gasteiger partial charge on any atom is 0.389 e. The number of carbonyl (C=O) groups is 3. The van der Waals surface area contributed by atoms with Gasteiger partial charge in [0.05, 0.1) is 17.8 Å². The highest BCUT2D eigenvalue weighted by molar-refractivity contribution is 6.20. The molecule has 1 unspecified atom stereocenters. The van der Waals surface area contributed by atoms with E-state index in [1.807, 2.05) is 54.6 Å². The molecular formula is C29H33F3N4O3. The summed E-state index contributed by atoms with van der Waals surface area (Å²) < 4.78 is 37.4. The van der Waals surface area contributed by atoms with Crippen LogP contribution >= 0.6 is 0 Å². The maximum atomic E-state index is 13.9. The Hall–Kier alpha value is -3.69. The molecule has 0 saturated heterocycles. The zero-order valence-electron chi connectivity index (χ0n) is 21.8. The Labute approximate surface area is 225 Å². The van der Waals surface area contributed by atoms with E-state index in [4.69, 9.17) is 4.99 Å². The number of aliphatic imine (C=N–C) groups is 1. The van der Waals surface area contributed by atoms with Crippen molar-refractivity contribution >= 4 is 29.1 Å². The van der Waals surface area contributed by atoms with Crippen molar-refractivity contribution in [2.75, 3.05) is 11.4 Å². The standard InChI is InChI=1S/C29H33F3N4O3/c1-19(33-24(37)16-17-29(30,31)32)27(38)35-26-28(39)36(18-20-10-4-2-5-11-20)23-15-9-8-14-22(23)25(34-26)21-12-6-3-7-13-21/h3,6-9,12-15,19-20,26H,2,4-5,10-11,16-18H2,1H3,(H,33,37)(H,35,38)/t19-,26?/m0/s1. The summed E-state index contributed by atoms with van der Waals surface area (Å²) in [5.74, 6) is -1.70. The summed E-state index contributed by atoms with van der Waals surface area (Å²) in [5, 5.41) is 4.92. The Balaban J connectivity index is 1.62. The maximum absolute atomic E-state index is 13.9. The second kappa shape index (κ2) is 12.4. The quantitative estimate of drug-likeness (QED) is 0.505. The first kappa shape index (κ1) is 28.3. The smallest absolute Gasteiger partial charge is 0.345 e. The fourth-order valence-electron chi connectivity index (χ4n) is 5.06. The molecule has 0 aromatic heterocycles. The number of anilines is 1. The monoisotopic (exact) mass is 542 g/mol. The molecule has 0 radical (unpaired) electrons. The zero-order chi connectivity index (χ0) is 28.0. The summed E-state index contributed by atoms with van der Waals surface area (Å²) >= 11 is 0. The van der Waals surface area contributed by atoms with E-state index in [9.17, 15) is 27.6 Å². The number of carbonyl (C=O) groups excluding carboxylic acids is 3. The Morgan fingerprint density at radius 2 is 1.69 bits per heavy atom. The molecular weight excluding hydrogens is 509 g/mol. The van der Waals surface area contributed by atoms with Crippen molar-refractivity contribution < 1.29 is 27.6 Å². The normalized spacial score (nSPS) is 19.0. The van der Waals surface area contributed by atoms with Gasteiger partial charge < -0.3 is 15.5 Å². The van der Waals surface area contributed by atoms with Crippen molar-refractivity contribution in [3.63, 3.8) is 0 Å². The van der Waals surface area contributed by atoms with Crippen LogP contribution in [0.15, 0.2) is 59.6 Å². The molecule has 0 spiro atoms. The summed E-state index contributed by atoms with van der Waals surface area (Å²) in [7, 11) is 0. The van der Waals surface area contributed by atoms with Crippen LogP contribution in [0.5, 0.6) is 0 Å². The predicted molar refractivity (Wildman–Crippen MR) is 142 cm³/mol. The first-order chi connectivity index (χ1) is 18.6. The van der Waals surface area contributed by atoms with Crippen LogP contribution in [0.4, 0.5) is 18.9 Å². The second-order valence-corrected chi connectivity index (χ2v) is 10.1. The van der Waals surface area contributed by atoms with Crippen LogP contribution in [-0.4, -0.2) is 48.4 Å². The van der Waals surface area contributed by atoms with E-state index >= 15 is 0 Å². The van der Waals surface area contributed by atoms with Crippen LogP contribution in [0.1, 0.15) is 63.0 Å². The van der Waals surface area contributed by atoms with E-state index in [0.29, 0.717) is 23.9 Å².